The molecule has 1 fully saturated rings. The van der Waals surface area contributed by atoms with Gasteiger partial charge in [0, 0.05) is 25.1 Å². The molecular weight excluding hydrogens is 344 g/mol. The van der Waals surface area contributed by atoms with Crippen LogP contribution in [-0.2, 0) is 16.1 Å². The molecule has 1 atom stereocenters. The van der Waals surface area contributed by atoms with Gasteiger partial charge in [-0.25, -0.2) is 0 Å². The second kappa shape index (κ2) is 8.12. The highest BCUT2D eigenvalue weighted by molar-refractivity contribution is 5.98. The van der Waals surface area contributed by atoms with E-state index < -0.39 is 5.92 Å². The molecule has 6 heteroatoms. The first-order valence-corrected chi connectivity index (χ1v) is 8.87. The number of aryl methyl sites for hydroxylation is 1. The molecule has 27 heavy (non-hydrogen) atoms. The van der Waals surface area contributed by atoms with Crippen LogP contribution < -0.4 is 14.8 Å². The number of nitrogens with one attached hydrogen (secondary N) is 1. The summed E-state index contributed by atoms with van der Waals surface area (Å²) in [5.41, 5.74) is 2.57. The quantitative estimate of drug-likeness (QED) is 0.851. The Morgan fingerprint density at radius 1 is 1.15 bits per heavy atom. The van der Waals surface area contributed by atoms with Gasteiger partial charge >= 0.3 is 0 Å². The molecule has 0 aromatic heterocycles. The summed E-state index contributed by atoms with van der Waals surface area (Å²) in [5.74, 6) is 0.747. The van der Waals surface area contributed by atoms with Crippen molar-refractivity contribution in [3.8, 4) is 11.5 Å². The predicted molar refractivity (Wildman–Crippen MR) is 103 cm³/mol. The highest BCUT2D eigenvalue weighted by Crippen LogP contribution is 2.28. The van der Waals surface area contributed by atoms with Crippen LogP contribution in [-0.4, -0.2) is 37.5 Å². The average Bonchev–Trinajstić information content (AvgIpc) is 3.03. The van der Waals surface area contributed by atoms with E-state index in [0.717, 1.165) is 16.9 Å². The van der Waals surface area contributed by atoms with Gasteiger partial charge in [-0.1, -0.05) is 24.3 Å². The lowest BCUT2D eigenvalue weighted by molar-refractivity contribution is -0.128. The summed E-state index contributed by atoms with van der Waals surface area (Å²) in [4.78, 5) is 26.8. The van der Waals surface area contributed by atoms with Gasteiger partial charge in [-0.15, -0.1) is 0 Å². The standard InChI is InChI=1S/C21H24N2O4/c1-14-8-9-19(27-3)17(10-14)22-21(25)16-11-20(24)23(13-16)12-15-6-4-5-7-18(15)26-2/h4-10,16H,11-13H2,1-3H3,(H,22,25). The molecular formula is C21H24N2O4. The number of hydrogen-bond acceptors (Lipinski definition) is 4. The smallest absolute Gasteiger partial charge is 0.229 e. The lowest BCUT2D eigenvalue weighted by Crippen LogP contribution is -2.28. The van der Waals surface area contributed by atoms with Gasteiger partial charge in [-0.3, -0.25) is 9.59 Å². The van der Waals surface area contributed by atoms with Crippen LogP contribution in [0.3, 0.4) is 0 Å². The van der Waals surface area contributed by atoms with Crippen LogP contribution in [0.25, 0.3) is 0 Å². The van der Waals surface area contributed by atoms with Crippen LogP contribution in [0, 0.1) is 12.8 Å². The van der Waals surface area contributed by atoms with Crippen molar-refractivity contribution >= 4 is 17.5 Å². The van der Waals surface area contributed by atoms with Crippen LogP contribution in [0.2, 0.25) is 0 Å². The Labute approximate surface area is 159 Å². The Morgan fingerprint density at radius 3 is 2.63 bits per heavy atom. The van der Waals surface area contributed by atoms with Crippen LogP contribution >= 0.6 is 0 Å². The van der Waals surface area contributed by atoms with Crippen molar-refractivity contribution in [2.24, 2.45) is 5.92 Å². The number of methoxy groups -OCH3 is 2. The van der Waals surface area contributed by atoms with Gasteiger partial charge in [0.05, 0.1) is 25.8 Å². The largest absolute Gasteiger partial charge is 0.496 e. The second-order valence-corrected chi connectivity index (χ2v) is 6.68. The van der Waals surface area contributed by atoms with Crippen molar-refractivity contribution in [2.45, 2.75) is 19.9 Å². The zero-order valence-electron chi connectivity index (χ0n) is 15.8. The summed E-state index contributed by atoms with van der Waals surface area (Å²) in [6, 6.07) is 13.2. The fourth-order valence-electron chi connectivity index (χ4n) is 3.29. The fraction of sp³-hybridized carbons (Fsp3) is 0.333. The van der Waals surface area contributed by atoms with E-state index in [4.69, 9.17) is 9.47 Å². The molecule has 0 bridgehead atoms. The lowest BCUT2D eigenvalue weighted by Gasteiger charge is -2.18. The van der Waals surface area contributed by atoms with E-state index in [-0.39, 0.29) is 18.2 Å². The highest BCUT2D eigenvalue weighted by Gasteiger charge is 2.34. The molecule has 0 saturated carbocycles. The van der Waals surface area contributed by atoms with Gasteiger partial charge in [0.15, 0.2) is 0 Å². The van der Waals surface area contributed by atoms with E-state index in [1.165, 1.54) is 0 Å². The average molecular weight is 368 g/mol. The Balaban J connectivity index is 1.68. The fourth-order valence-corrected chi connectivity index (χ4v) is 3.29. The molecule has 1 heterocycles. The predicted octanol–water partition coefficient (Wildman–Crippen LogP) is 3.00. The van der Waals surface area contributed by atoms with E-state index in [2.05, 4.69) is 5.32 Å². The number of anilines is 1. The minimum atomic E-state index is -0.391. The second-order valence-electron chi connectivity index (χ2n) is 6.68. The van der Waals surface area contributed by atoms with Crippen molar-refractivity contribution < 1.29 is 19.1 Å². The number of likely N-dealkylation sites (tertiary alicyclic amines) is 1. The molecule has 2 aromatic rings. The van der Waals surface area contributed by atoms with Crippen molar-refractivity contribution in [3.63, 3.8) is 0 Å². The first-order valence-electron chi connectivity index (χ1n) is 8.87. The van der Waals surface area contributed by atoms with Gasteiger partial charge in [-0.05, 0) is 30.7 Å². The Kier molecular flexibility index (Phi) is 5.64. The number of rotatable bonds is 6. The third kappa shape index (κ3) is 4.22. The summed E-state index contributed by atoms with van der Waals surface area (Å²) in [6.07, 6.45) is 0.203. The molecule has 1 unspecified atom stereocenters. The lowest BCUT2D eigenvalue weighted by atomic mass is 10.1. The Bertz CT molecular complexity index is 850. The molecule has 2 amide bonds. The van der Waals surface area contributed by atoms with Gasteiger partial charge in [-0.2, -0.15) is 0 Å². The van der Waals surface area contributed by atoms with Crippen molar-refractivity contribution in [2.75, 3.05) is 26.1 Å². The first-order chi connectivity index (χ1) is 13.0. The Morgan fingerprint density at radius 2 is 1.89 bits per heavy atom. The number of ether oxygens (including phenoxy) is 2. The van der Waals surface area contributed by atoms with Gasteiger partial charge in [0.2, 0.25) is 11.8 Å². The molecule has 6 nitrogen and oxygen atoms in total. The molecule has 1 aliphatic heterocycles. The van der Waals surface area contributed by atoms with E-state index in [1.54, 1.807) is 19.1 Å². The van der Waals surface area contributed by atoms with Gasteiger partial charge in [0.25, 0.3) is 0 Å². The Hall–Kier alpha value is -3.02. The van der Waals surface area contributed by atoms with Crippen molar-refractivity contribution in [3.05, 3.63) is 53.6 Å². The molecule has 3 rings (SSSR count). The molecule has 142 valence electrons. The van der Waals surface area contributed by atoms with E-state index in [9.17, 15) is 9.59 Å². The minimum absolute atomic E-state index is 0.0303. The zero-order valence-corrected chi connectivity index (χ0v) is 15.8. The first kappa shape index (κ1) is 18.8. The molecule has 1 aliphatic rings. The zero-order chi connectivity index (χ0) is 19.4. The number of amides is 2. The van der Waals surface area contributed by atoms with Crippen LogP contribution in [0.1, 0.15) is 17.5 Å². The highest BCUT2D eigenvalue weighted by atomic mass is 16.5. The molecule has 1 N–H and O–H groups in total. The third-order valence-corrected chi connectivity index (χ3v) is 4.75. The summed E-state index contributed by atoms with van der Waals surface area (Å²) in [7, 11) is 3.17. The molecule has 0 aliphatic carbocycles. The van der Waals surface area contributed by atoms with Crippen LogP contribution in [0.15, 0.2) is 42.5 Å². The summed E-state index contributed by atoms with van der Waals surface area (Å²) in [5, 5.41) is 2.90. The maximum absolute atomic E-state index is 12.7. The summed E-state index contributed by atoms with van der Waals surface area (Å²) < 4.78 is 10.7. The number of carbonyl (C=O) groups is 2. The summed E-state index contributed by atoms with van der Waals surface area (Å²) in [6.45, 7) is 2.76. The molecule has 1 saturated heterocycles. The molecule has 2 aromatic carbocycles. The topological polar surface area (TPSA) is 67.9 Å². The number of para-hydroxylation sites is 1. The normalized spacial score (nSPS) is 16.3. The van der Waals surface area contributed by atoms with Crippen molar-refractivity contribution in [1.29, 1.82) is 0 Å². The number of nitrogens with zero attached hydrogens (tertiary/aromatic N) is 1. The monoisotopic (exact) mass is 368 g/mol. The minimum Gasteiger partial charge on any atom is -0.496 e. The van der Waals surface area contributed by atoms with Crippen LogP contribution in [0.5, 0.6) is 11.5 Å². The SMILES string of the molecule is COc1ccccc1CN1CC(C(=O)Nc2cc(C)ccc2OC)CC1=O. The number of benzene rings is 2. The maximum atomic E-state index is 12.7. The van der Waals surface area contributed by atoms with E-state index >= 15 is 0 Å². The van der Waals surface area contributed by atoms with E-state index in [1.807, 2.05) is 49.4 Å². The number of hydrogen-bond donors (Lipinski definition) is 1. The van der Waals surface area contributed by atoms with Crippen LogP contribution in [0.4, 0.5) is 5.69 Å². The van der Waals surface area contributed by atoms with Gasteiger partial charge in [0.1, 0.15) is 11.5 Å². The van der Waals surface area contributed by atoms with Crippen molar-refractivity contribution in [1.82, 2.24) is 4.90 Å². The maximum Gasteiger partial charge on any atom is 0.229 e. The number of carbonyl (C=O) groups excluding carboxylic acids is 2. The molecule has 0 radical (unpaired) electrons. The summed E-state index contributed by atoms with van der Waals surface area (Å²) >= 11 is 0. The third-order valence-electron chi connectivity index (χ3n) is 4.75. The van der Waals surface area contributed by atoms with E-state index in [0.29, 0.717) is 24.5 Å². The molecule has 0 spiro atoms. The van der Waals surface area contributed by atoms with Gasteiger partial charge < -0.3 is 19.7 Å².